The maximum atomic E-state index is 11.6. The SMILES string of the molecule is C=C(C)C(=O)OCCP(O)C(=O)C[N+](C)(C)C.C[N+](C)(C)CCOP(=O)([O-])[O-]. The van der Waals surface area contributed by atoms with Gasteiger partial charge in [0, 0.05) is 11.7 Å². The van der Waals surface area contributed by atoms with E-state index in [1.165, 1.54) is 0 Å². The minimum Gasteiger partial charge on any atom is -0.790 e. The van der Waals surface area contributed by atoms with E-state index < -0.39 is 21.9 Å². The quantitative estimate of drug-likeness (QED) is 0.191. The van der Waals surface area contributed by atoms with Gasteiger partial charge in [0.2, 0.25) is 5.52 Å². The van der Waals surface area contributed by atoms with Crippen LogP contribution in [0.3, 0.4) is 0 Å². The van der Waals surface area contributed by atoms with Gasteiger partial charge in [-0.2, -0.15) is 0 Å². The number of phosphoric acid groups is 1. The minimum absolute atomic E-state index is 0.0478. The van der Waals surface area contributed by atoms with E-state index in [4.69, 9.17) is 4.74 Å². The van der Waals surface area contributed by atoms with Crippen molar-refractivity contribution in [3.63, 3.8) is 0 Å². The maximum Gasteiger partial charge on any atom is 0.333 e. The molecule has 0 aliphatic carbocycles. The van der Waals surface area contributed by atoms with Gasteiger partial charge in [0.05, 0.1) is 56.7 Å². The maximum absolute atomic E-state index is 11.6. The van der Waals surface area contributed by atoms with Gasteiger partial charge in [-0.3, -0.25) is 4.79 Å². The Kier molecular flexibility index (Phi) is 13.5. The van der Waals surface area contributed by atoms with Crippen LogP contribution >= 0.6 is 16.0 Å². The number of phosphoric ester groups is 1. The predicted octanol–water partition coefficient (Wildman–Crippen LogP) is -0.734. The third-order valence-electron chi connectivity index (χ3n) is 2.79. The minimum atomic E-state index is -4.76. The molecule has 0 aliphatic heterocycles. The number of esters is 1. The van der Waals surface area contributed by atoms with E-state index in [0.29, 0.717) is 21.1 Å². The summed E-state index contributed by atoms with van der Waals surface area (Å²) in [5.41, 5.74) is 0.129. The van der Waals surface area contributed by atoms with Crippen molar-refractivity contribution < 1.29 is 47.1 Å². The van der Waals surface area contributed by atoms with Gasteiger partial charge in [0.15, 0.2) is 0 Å². The molecule has 1 unspecified atom stereocenters. The van der Waals surface area contributed by atoms with Crippen molar-refractivity contribution in [1.29, 1.82) is 0 Å². The largest absolute Gasteiger partial charge is 0.790 e. The van der Waals surface area contributed by atoms with Crippen molar-refractivity contribution in [2.45, 2.75) is 6.92 Å². The summed E-state index contributed by atoms with van der Waals surface area (Å²) in [6.45, 7) is 5.76. The molecule has 0 saturated heterocycles. The Hall–Kier alpha value is -0.700. The van der Waals surface area contributed by atoms with Gasteiger partial charge in [0.1, 0.15) is 27.8 Å². The molecule has 0 rings (SSSR count). The average Bonchev–Trinajstić information content (AvgIpc) is 2.42. The summed E-state index contributed by atoms with van der Waals surface area (Å²) in [4.78, 5) is 52.2. The van der Waals surface area contributed by atoms with Crippen molar-refractivity contribution in [3.05, 3.63) is 12.2 Å². The summed E-state index contributed by atoms with van der Waals surface area (Å²) < 4.78 is 19.9. The highest BCUT2D eigenvalue weighted by Crippen LogP contribution is 2.31. The smallest absolute Gasteiger partial charge is 0.333 e. The summed E-state index contributed by atoms with van der Waals surface area (Å²) in [6.07, 6.45) is 0.188. The Morgan fingerprint density at radius 2 is 1.57 bits per heavy atom. The average molecular weight is 444 g/mol. The molecule has 0 heterocycles. The van der Waals surface area contributed by atoms with E-state index in [9.17, 15) is 28.8 Å². The Morgan fingerprint density at radius 1 is 1.07 bits per heavy atom. The molecule has 166 valence electrons. The van der Waals surface area contributed by atoms with Crippen molar-refractivity contribution in [2.75, 3.05) is 74.8 Å². The molecule has 0 radical (unpaired) electrons. The van der Waals surface area contributed by atoms with Crippen LogP contribution in [0, 0.1) is 0 Å². The summed E-state index contributed by atoms with van der Waals surface area (Å²) in [6, 6.07) is 0. The normalized spacial score (nSPS) is 13.2. The topological polar surface area (TPSA) is 136 Å². The van der Waals surface area contributed by atoms with E-state index in [-0.39, 0.29) is 31.4 Å². The van der Waals surface area contributed by atoms with Gasteiger partial charge in [-0.15, -0.1) is 0 Å². The molecule has 0 amide bonds. The Morgan fingerprint density at radius 3 is 1.93 bits per heavy atom. The van der Waals surface area contributed by atoms with Crippen LogP contribution in [0.5, 0.6) is 0 Å². The first-order valence-electron chi connectivity index (χ1n) is 8.43. The fourth-order valence-electron chi connectivity index (χ4n) is 1.39. The fraction of sp³-hybridized carbons (Fsp3) is 0.750. The number of carbonyl (C=O) groups is 2. The van der Waals surface area contributed by atoms with E-state index >= 15 is 0 Å². The zero-order valence-electron chi connectivity index (χ0n) is 17.8. The lowest BCUT2D eigenvalue weighted by Crippen LogP contribution is -2.39. The van der Waals surface area contributed by atoms with Crippen LogP contribution < -0.4 is 9.79 Å². The second kappa shape index (κ2) is 12.8. The van der Waals surface area contributed by atoms with Gasteiger partial charge in [0.25, 0.3) is 0 Å². The molecule has 0 aromatic carbocycles. The van der Waals surface area contributed by atoms with Crippen molar-refractivity contribution in [3.8, 4) is 0 Å². The molecule has 0 saturated carbocycles. The highest BCUT2D eigenvalue weighted by atomic mass is 31.2. The highest BCUT2D eigenvalue weighted by molar-refractivity contribution is 7.69. The van der Waals surface area contributed by atoms with E-state index in [2.05, 4.69) is 11.1 Å². The number of ether oxygens (including phenoxy) is 1. The monoisotopic (exact) mass is 444 g/mol. The predicted molar refractivity (Wildman–Crippen MR) is 104 cm³/mol. The third-order valence-corrected chi connectivity index (χ3v) is 4.62. The number of nitrogens with zero attached hydrogens (tertiary/aromatic N) is 2. The molecular weight excluding hydrogens is 410 g/mol. The summed E-state index contributed by atoms with van der Waals surface area (Å²) in [5, 5.41) is 0. The van der Waals surface area contributed by atoms with Crippen molar-refractivity contribution in [2.24, 2.45) is 0 Å². The first kappa shape index (κ1) is 29.5. The number of rotatable bonds is 11. The molecule has 0 bridgehead atoms. The van der Waals surface area contributed by atoms with Crippen LogP contribution in [-0.2, 0) is 23.4 Å². The van der Waals surface area contributed by atoms with Gasteiger partial charge in [-0.1, -0.05) is 6.58 Å². The molecule has 0 spiro atoms. The Bertz CT molecular complexity index is 564. The van der Waals surface area contributed by atoms with E-state index in [1.54, 1.807) is 6.92 Å². The molecule has 0 aromatic heterocycles. The van der Waals surface area contributed by atoms with Crippen LogP contribution in [-0.4, -0.2) is 100 Å². The molecule has 0 aliphatic rings. The molecular formula is C16H34N2O8P2. The van der Waals surface area contributed by atoms with Crippen molar-refractivity contribution in [1.82, 2.24) is 0 Å². The van der Waals surface area contributed by atoms with Gasteiger partial charge < -0.3 is 37.5 Å². The van der Waals surface area contributed by atoms with Gasteiger partial charge in [-0.25, -0.2) is 4.79 Å². The van der Waals surface area contributed by atoms with Crippen LogP contribution in [0.25, 0.3) is 0 Å². The summed E-state index contributed by atoms with van der Waals surface area (Å²) >= 11 is 0. The lowest BCUT2D eigenvalue weighted by Gasteiger charge is -2.31. The summed E-state index contributed by atoms with van der Waals surface area (Å²) in [5.74, 6) is -0.493. The number of hydrogen-bond acceptors (Lipinski definition) is 8. The summed E-state index contributed by atoms with van der Waals surface area (Å²) in [7, 11) is 4.79. The standard InChI is InChI=1S/C11H21NO4P.C5H14NO4P/c1-9(2)11(14)16-6-7-17(15)10(13)8-12(3,4)5;1-6(2,3)4-5-10-11(7,8)9/h15H,1,6-8H2,2-5H3;4-5H2,1-3H3,(H-,7,8,9)/q+1;/p-1. The van der Waals surface area contributed by atoms with Crippen LogP contribution in [0.2, 0.25) is 0 Å². The van der Waals surface area contributed by atoms with Gasteiger partial charge >= 0.3 is 5.97 Å². The third kappa shape index (κ3) is 21.6. The Balaban J connectivity index is 0. The molecule has 1 atom stereocenters. The number of hydrogen-bond donors (Lipinski definition) is 1. The zero-order chi connectivity index (χ0) is 22.8. The lowest BCUT2D eigenvalue weighted by atomic mass is 10.4. The molecule has 10 nitrogen and oxygen atoms in total. The second-order valence-electron chi connectivity index (χ2n) is 8.18. The van der Waals surface area contributed by atoms with Crippen LogP contribution in [0.15, 0.2) is 12.2 Å². The highest BCUT2D eigenvalue weighted by Gasteiger charge is 2.22. The second-order valence-corrected chi connectivity index (χ2v) is 11.1. The number of carbonyl (C=O) groups excluding carboxylic acids is 2. The lowest BCUT2D eigenvalue weighted by molar-refractivity contribution is -0.870. The van der Waals surface area contributed by atoms with Crippen LogP contribution in [0.1, 0.15) is 6.92 Å². The molecule has 12 heteroatoms. The number of likely N-dealkylation sites (N-methyl/N-ethyl adjacent to an activating group) is 2. The number of quaternary nitrogens is 2. The van der Waals surface area contributed by atoms with E-state index in [1.807, 2.05) is 42.3 Å². The molecule has 28 heavy (non-hydrogen) atoms. The van der Waals surface area contributed by atoms with Crippen molar-refractivity contribution >= 4 is 27.5 Å². The molecule has 0 fully saturated rings. The van der Waals surface area contributed by atoms with E-state index in [0.717, 1.165) is 0 Å². The Labute approximate surface area is 169 Å². The molecule has 1 N–H and O–H groups in total. The molecule has 0 aromatic rings. The first-order valence-corrected chi connectivity index (χ1v) is 11.4. The zero-order valence-corrected chi connectivity index (χ0v) is 19.6. The van der Waals surface area contributed by atoms with Crippen LogP contribution in [0.4, 0.5) is 0 Å². The first-order chi connectivity index (χ1) is 12.3. The fourth-order valence-corrected chi connectivity index (χ4v) is 2.79. The van der Waals surface area contributed by atoms with Gasteiger partial charge in [-0.05, 0) is 6.92 Å².